The van der Waals surface area contributed by atoms with E-state index in [-0.39, 0.29) is 6.04 Å². The van der Waals surface area contributed by atoms with E-state index in [1.54, 1.807) is 6.92 Å². The molecule has 0 saturated heterocycles. The second kappa shape index (κ2) is 6.00. The Morgan fingerprint density at radius 1 is 1.61 bits per heavy atom. The van der Waals surface area contributed by atoms with Gasteiger partial charge in [-0.3, -0.25) is 14.8 Å². The van der Waals surface area contributed by atoms with Crippen LogP contribution in [0.1, 0.15) is 39.2 Å². The Bertz CT molecular complexity index is 401. The molecule has 1 aromatic rings. The van der Waals surface area contributed by atoms with Crippen molar-refractivity contribution < 1.29 is 9.90 Å². The van der Waals surface area contributed by atoms with E-state index in [9.17, 15) is 9.90 Å². The van der Waals surface area contributed by atoms with Gasteiger partial charge < -0.3 is 5.11 Å². The molecule has 1 heterocycles. The summed E-state index contributed by atoms with van der Waals surface area (Å²) in [6.07, 6.45) is 5.14. The first-order chi connectivity index (χ1) is 8.33. The highest BCUT2D eigenvalue weighted by Gasteiger charge is 2.32. The van der Waals surface area contributed by atoms with Crippen LogP contribution >= 0.6 is 0 Å². The molecule has 0 bridgehead atoms. The first-order valence-electron chi connectivity index (χ1n) is 6.33. The van der Waals surface area contributed by atoms with E-state index in [1.165, 1.54) is 0 Å². The van der Waals surface area contributed by atoms with Crippen molar-refractivity contribution in [3.63, 3.8) is 0 Å². The molecular formula is C13H23N3O2. The molecule has 0 saturated carbocycles. The summed E-state index contributed by atoms with van der Waals surface area (Å²) in [7, 11) is 0. The van der Waals surface area contributed by atoms with Crippen LogP contribution in [0.4, 0.5) is 0 Å². The van der Waals surface area contributed by atoms with E-state index in [1.807, 2.05) is 37.8 Å². The van der Waals surface area contributed by atoms with E-state index >= 15 is 0 Å². The SMILES string of the molecule is Cc1cnn(CCCC(C)(NC(C)C)C(=O)O)c1. The third-order valence-electron chi connectivity index (χ3n) is 2.91. The van der Waals surface area contributed by atoms with Gasteiger partial charge in [-0.05, 0) is 46.1 Å². The van der Waals surface area contributed by atoms with Crippen LogP contribution < -0.4 is 5.32 Å². The molecule has 0 spiro atoms. The molecule has 0 fully saturated rings. The highest BCUT2D eigenvalue weighted by molar-refractivity contribution is 5.78. The molecule has 0 aliphatic carbocycles. The molecule has 0 amide bonds. The highest BCUT2D eigenvalue weighted by atomic mass is 16.4. The maximum Gasteiger partial charge on any atom is 0.323 e. The molecule has 1 atom stereocenters. The predicted octanol–water partition coefficient (Wildman–Crippen LogP) is 1.81. The summed E-state index contributed by atoms with van der Waals surface area (Å²) in [5.74, 6) is -0.798. The van der Waals surface area contributed by atoms with Gasteiger partial charge in [0, 0.05) is 18.8 Å². The molecule has 5 heteroatoms. The Morgan fingerprint density at radius 2 is 2.28 bits per heavy atom. The summed E-state index contributed by atoms with van der Waals surface area (Å²) in [6.45, 7) is 8.39. The number of carboxylic acid groups (broad SMARTS) is 1. The van der Waals surface area contributed by atoms with Gasteiger partial charge in [0.15, 0.2) is 0 Å². The maximum absolute atomic E-state index is 11.3. The van der Waals surface area contributed by atoms with Gasteiger partial charge in [-0.25, -0.2) is 0 Å². The third-order valence-corrected chi connectivity index (χ3v) is 2.91. The van der Waals surface area contributed by atoms with Crippen LogP contribution in [0.5, 0.6) is 0 Å². The van der Waals surface area contributed by atoms with Gasteiger partial charge in [0.2, 0.25) is 0 Å². The predicted molar refractivity (Wildman–Crippen MR) is 70.5 cm³/mol. The number of aliphatic carboxylic acids is 1. The van der Waals surface area contributed by atoms with E-state index in [0.29, 0.717) is 6.42 Å². The molecule has 0 aromatic carbocycles. The molecule has 1 unspecified atom stereocenters. The topological polar surface area (TPSA) is 67.2 Å². The molecule has 5 nitrogen and oxygen atoms in total. The minimum absolute atomic E-state index is 0.151. The van der Waals surface area contributed by atoms with Crippen molar-refractivity contribution in [2.24, 2.45) is 0 Å². The average Bonchev–Trinajstić information content (AvgIpc) is 2.63. The number of hydrogen-bond acceptors (Lipinski definition) is 3. The number of carboxylic acids is 1. The molecule has 18 heavy (non-hydrogen) atoms. The van der Waals surface area contributed by atoms with Crippen LogP contribution in [0.3, 0.4) is 0 Å². The van der Waals surface area contributed by atoms with Crippen LogP contribution in [0.15, 0.2) is 12.4 Å². The lowest BCUT2D eigenvalue weighted by Crippen LogP contribution is -2.52. The summed E-state index contributed by atoms with van der Waals surface area (Å²) in [5, 5.41) is 16.6. The summed E-state index contributed by atoms with van der Waals surface area (Å²) in [6, 6.07) is 0.151. The minimum atomic E-state index is -0.865. The van der Waals surface area contributed by atoms with E-state index in [2.05, 4.69) is 10.4 Å². The van der Waals surface area contributed by atoms with E-state index in [4.69, 9.17) is 0 Å². The lowest BCUT2D eigenvalue weighted by atomic mass is 9.95. The van der Waals surface area contributed by atoms with Crippen molar-refractivity contribution in [1.29, 1.82) is 0 Å². The smallest absolute Gasteiger partial charge is 0.323 e. The Hall–Kier alpha value is -1.36. The van der Waals surface area contributed by atoms with Crippen molar-refractivity contribution in [3.05, 3.63) is 18.0 Å². The van der Waals surface area contributed by atoms with Crippen molar-refractivity contribution in [1.82, 2.24) is 15.1 Å². The molecule has 1 aromatic heterocycles. The van der Waals surface area contributed by atoms with Gasteiger partial charge in [0.1, 0.15) is 5.54 Å². The number of hydrogen-bond donors (Lipinski definition) is 2. The summed E-state index contributed by atoms with van der Waals surface area (Å²) in [5.41, 5.74) is 0.257. The molecule has 2 N–H and O–H groups in total. The van der Waals surface area contributed by atoms with Gasteiger partial charge in [-0.2, -0.15) is 5.10 Å². The number of nitrogens with zero attached hydrogens (tertiary/aromatic N) is 2. The maximum atomic E-state index is 11.3. The van der Waals surface area contributed by atoms with Gasteiger partial charge in [0.05, 0.1) is 6.20 Å². The Balaban J connectivity index is 2.50. The van der Waals surface area contributed by atoms with Crippen LogP contribution in [0.2, 0.25) is 0 Å². The van der Waals surface area contributed by atoms with E-state index < -0.39 is 11.5 Å². The zero-order valence-electron chi connectivity index (χ0n) is 11.6. The first-order valence-corrected chi connectivity index (χ1v) is 6.33. The largest absolute Gasteiger partial charge is 0.480 e. The van der Waals surface area contributed by atoms with Crippen molar-refractivity contribution in [2.75, 3.05) is 0 Å². The standard InChI is InChI=1S/C13H23N3O2/c1-10(2)15-13(4,12(17)18)6-5-7-16-9-11(3)8-14-16/h8-10,15H,5-7H2,1-4H3,(H,17,18). The normalized spacial score (nSPS) is 14.7. The number of rotatable bonds is 7. The number of aromatic nitrogens is 2. The molecule has 0 aliphatic rings. The Labute approximate surface area is 108 Å². The Kier molecular flexibility index (Phi) is 4.90. The van der Waals surface area contributed by atoms with Gasteiger partial charge in [0.25, 0.3) is 0 Å². The van der Waals surface area contributed by atoms with Gasteiger partial charge in [-0.1, -0.05) is 0 Å². The lowest BCUT2D eigenvalue weighted by Gasteiger charge is -2.28. The fraction of sp³-hybridized carbons (Fsp3) is 0.692. The fourth-order valence-electron chi connectivity index (χ4n) is 2.06. The Morgan fingerprint density at radius 3 is 2.72 bits per heavy atom. The molecule has 102 valence electrons. The van der Waals surface area contributed by atoms with Crippen LogP contribution in [0.25, 0.3) is 0 Å². The monoisotopic (exact) mass is 253 g/mol. The van der Waals surface area contributed by atoms with Crippen molar-refractivity contribution in [3.8, 4) is 0 Å². The molecule has 0 aliphatic heterocycles. The second-order valence-electron chi connectivity index (χ2n) is 5.32. The quantitative estimate of drug-likeness (QED) is 0.777. The average molecular weight is 253 g/mol. The van der Waals surface area contributed by atoms with Gasteiger partial charge in [-0.15, -0.1) is 0 Å². The fourth-order valence-corrected chi connectivity index (χ4v) is 2.06. The number of nitrogens with one attached hydrogen (secondary N) is 1. The number of carbonyl (C=O) groups is 1. The summed E-state index contributed by atoms with van der Waals surface area (Å²) < 4.78 is 1.85. The van der Waals surface area contributed by atoms with Crippen molar-refractivity contribution in [2.45, 2.75) is 58.7 Å². The van der Waals surface area contributed by atoms with Crippen LogP contribution in [-0.2, 0) is 11.3 Å². The molecular weight excluding hydrogens is 230 g/mol. The summed E-state index contributed by atoms with van der Waals surface area (Å²) in [4.78, 5) is 11.3. The van der Waals surface area contributed by atoms with Crippen LogP contribution in [0, 0.1) is 6.92 Å². The zero-order valence-corrected chi connectivity index (χ0v) is 11.6. The molecule has 1 rings (SSSR count). The van der Waals surface area contributed by atoms with Gasteiger partial charge >= 0.3 is 5.97 Å². The van der Waals surface area contributed by atoms with E-state index in [0.717, 1.165) is 18.5 Å². The zero-order chi connectivity index (χ0) is 13.8. The highest BCUT2D eigenvalue weighted by Crippen LogP contribution is 2.15. The first kappa shape index (κ1) is 14.7. The number of aryl methyl sites for hydroxylation is 2. The van der Waals surface area contributed by atoms with Crippen LogP contribution in [-0.4, -0.2) is 32.4 Å². The summed E-state index contributed by atoms with van der Waals surface area (Å²) >= 11 is 0. The molecule has 0 radical (unpaired) electrons. The minimum Gasteiger partial charge on any atom is -0.480 e. The lowest BCUT2D eigenvalue weighted by molar-refractivity contribution is -0.144. The second-order valence-corrected chi connectivity index (χ2v) is 5.32. The third kappa shape index (κ3) is 4.14. The van der Waals surface area contributed by atoms with Crippen molar-refractivity contribution >= 4 is 5.97 Å².